The number of hydrogen-bond acceptors (Lipinski definition) is 2. The van der Waals surface area contributed by atoms with Crippen molar-refractivity contribution in [3.8, 4) is 22.3 Å². The zero-order valence-electron chi connectivity index (χ0n) is 27.6. The highest BCUT2D eigenvalue weighted by Crippen LogP contribution is 2.56. The second kappa shape index (κ2) is 9.49. The summed E-state index contributed by atoms with van der Waals surface area (Å²) >= 11 is 0. The van der Waals surface area contributed by atoms with Crippen molar-refractivity contribution >= 4 is 49.8 Å². The highest BCUT2D eigenvalue weighted by atomic mass is 16.3. The van der Waals surface area contributed by atoms with Gasteiger partial charge < -0.3 is 9.32 Å². The predicted molar refractivity (Wildman–Crippen MR) is 201 cm³/mol. The Hall–Kier alpha value is -5.60. The van der Waals surface area contributed by atoms with Crippen molar-refractivity contribution in [3.05, 3.63) is 162 Å². The van der Waals surface area contributed by atoms with Crippen LogP contribution in [-0.2, 0) is 10.8 Å². The highest BCUT2D eigenvalue weighted by Gasteiger charge is 2.39. The van der Waals surface area contributed by atoms with Gasteiger partial charge in [-0.25, -0.2) is 0 Å². The maximum atomic E-state index is 6.63. The summed E-state index contributed by atoms with van der Waals surface area (Å²) in [7, 11) is 0. The third-order valence-electron chi connectivity index (χ3n) is 11.3. The van der Waals surface area contributed by atoms with Gasteiger partial charge in [-0.15, -0.1) is 0 Å². The van der Waals surface area contributed by atoms with Crippen molar-refractivity contribution < 1.29 is 4.42 Å². The van der Waals surface area contributed by atoms with Crippen LogP contribution in [0, 0.1) is 0 Å². The Morgan fingerprint density at radius 2 is 1.04 bits per heavy atom. The lowest BCUT2D eigenvalue weighted by atomic mass is 9.82. The van der Waals surface area contributed by atoms with Crippen molar-refractivity contribution in [2.45, 2.75) is 38.5 Å². The molecule has 0 N–H and O–H groups in total. The van der Waals surface area contributed by atoms with Gasteiger partial charge in [-0.3, -0.25) is 0 Å². The largest absolute Gasteiger partial charge is 0.456 e. The van der Waals surface area contributed by atoms with Gasteiger partial charge in [0.2, 0.25) is 0 Å². The van der Waals surface area contributed by atoms with Crippen LogP contribution in [0.25, 0.3) is 55.0 Å². The number of para-hydroxylation sites is 1. The summed E-state index contributed by atoms with van der Waals surface area (Å²) in [6.45, 7) is 9.44. The SMILES string of the molecule is CC1(C)c2ccccc2-c2ccc(N(c3cccc4c3-c3ccccc3C4(C)C)c3cc4oc5ccccc5c4c4ccccc34)cc21. The molecule has 0 unspecified atom stereocenters. The van der Waals surface area contributed by atoms with Gasteiger partial charge in [0.1, 0.15) is 11.2 Å². The number of anilines is 3. The minimum absolute atomic E-state index is 0.111. The average molecular weight is 618 g/mol. The topological polar surface area (TPSA) is 16.4 Å². The molecule has 0 saturated carbocycles. The van der Waals surface area contributed by atoms with E-state index in [-0.39, 0.29) is 10.8 Å². The van der Waals surface area contributed by atoms with E-state index in [2.05, 4.69) is 172 Å². The van der Waals surface area contributed by atoms with Crippen molar-refractivity contribution in [2.24, 2.45) is 0 Å². The monoisotopic (exact) mass is 617 g/mol. The van der Waals surface area contributed by atoms with Gasteiger partial charge in [-0.05, 0) is 68.6 Å². The second-order valence-corrected chi connectivity index (χ2v) is 14.5. The van der Waals surface area contributed by atoms with Gasteiger partial charge in [-0.1, -0.05) is 137 Å². The Bertz CT molecular complexity index is 2630. The number of rotatable bonds is 3. The van der Waals surface area contributed by atoms with Crippen LogP contribution in [0.15, 0.2) is 144 Å². The molecule has 0 radical (unpaired) electrons. The molecule has 0 bridgehead atoms. The first-order valence-corrected chi connectivity index (χ1v) is 16.9. The van der Waals surface area contributed by atoms with E-state index in [4.69, 9.17) is 4.42 Å². The lowest BCUT2D eigenvalue weighted by molar-refractivity contribution is 0.660. The molecule has 1 heterocycles. The lowest BCUT2D eigenvalue weighted by Gasteiger charge is -2.31. The van der Waals surface area contributed by atoms with E-state index in [1.807, 2.05) is 0 Å². The fraction of sp³-hybridized carbons (Fsp3) is 0.130. The number of hydrogen-bond donors (Lipinski definition) is 0. The number of furan rings is 1. The van der Waals surface area contributed by atoms with Crippen LogP contribution in [-0.4, -0.2) is 0 Å². The van der Waals surface area contributed by atoms with Gasteiger partial charge in [0, 0.05) is 44.3 Å². The summed E-state index contributed by atoms with van der Waals surface area (Å²) in [6, 6.07) is 51.3. The molecule has 0 amide bonds. The quantitative estimate of drug-likeness (QED) is 0.196. The Morgan fingerprint density at radius 1 is 0.438 bits per heavy atom. The molecule has 0 spiro atoms. The lowest BCUT2D eigenvalue weighted by Crippen LogP contribution is -2.17. The van der Waals surface area contributed by atoms with Crippen molar-refractivity contribution in [2.75, 3.05) is 4.90 Å². The smallest absolute Gasteiger partial charge is 0.138 e. The fourth-order valence-corrected chi connectivity index (χ4v) is 8.92. The normalized spacial score (nSPS) is 15.0. The van der Waals surface area contributed by atoms with Crippen LogP contribution < -0.4 is 4.90 Å². The summed E-state index contributed by atoms with van der Waals surface area (Å²) in [5.41, 5.74) is 15.7. The Kier molecular flexibility index (Phi) is 5.44. The summed E-state index contributed by atoms with van der Waals surface area (Å²) in [4.78, 5) is 2.51. The average Bonchev–Trinajstić information content (AvgIpc) is 3.69. The Labute approximate surface area is 280 Å². The van der Waals surface area contributed by atoms with Crippen LogP contribution in [0.3, 0.4) is 0 Å². The molecule has 2 heteroatoms. The number of fused-ring (bicyclic) bond motifs is 11. The molecule has 2 aliphatic carbocycles. The molecule has 7 aromatic carbocycles. The van der Waals surface area contributed by atoms with Gasteiger partial charge in [-0.2, -0.15) is 0 Å². The van der Waals surface area contributed by atoms with Crippen molar-refractivity contribution in [1.29, 1.82) is 0 Å². The molecule has 10 rings (SSSR count). The minimum atomic E-state index is -0.119. The third-order valence-corrected chi connectivity index (χ3v) is 11.3. The van der Waals surface area contributed by atoms with Gasteiger partial charge in [0.05, 0.1) is 11.4 Å². The van der Waals surface area contributed by atoms with Crippen LogP contribution in [0.1, 0.15) is 49.9 Å². The zero-order valence-corrected chi connectivity index (χ0v) is 27.6. The first-order chi connectivity index (χ1) is 23.3. The predicted octanol–water partition coefficient (Wildman–Crippen LogP) is 12.8. The van der Waals surface area contributed by atoms with Crippen LogP contribution >= 0.6 is 0 Å². The molecular weight excluding hydrogens is 583 g/mol. The van der Waals surface area contributed by atoms with E-state index in [1.54, 1.807) is 0 Å². The zero-order chi connectivity index (χ0) is 32.4. The third kappa shape index (κ3) is 3.52. The van der Waals surface area contributed by atoms with E-state index < -0.39 is 0 Å². The van der Waals surface area contributed by atoms with Crippen LogP contribution in [0.4, 0.5) is 17.1 Å². The fourth-order valence-electron chi connectivity index (χ4n) is 8.92. The molecule has 8 aromatic rings. The minimum Gasteiger partial charge on any atom is -0.456 e. The molecule has 230 valence electrons. The first kappa shape index (κ1) is 27.5. The molecule has 2 aliphatic rings. The maximum absolute atomic E-state index is 6.63. The number of benzene rings is 7. The molecular formula is C46H35NO. The van der Waals surface area contributed by atoms with E-state index in [0.717, 1.165) is 27.9 Å². The second-order valence-electron chi connectivity index (χ2n) is 14.5. The molecule has 2 nitrogen and oxygen atoms in total. The molecule has 1 aromatic heterocycles. The van der Waals surface area contributed by atoms with Crippen molar-refractivity contribution in [3.63, 3.8) is 0 Å². The van der Waals surface area contributed by atoms with Crippen LogP contribution in [0.2, 0.25) is 0 Å². The number of nitrogens with zero attached hydrogens (tertiary/aromatic N) is 1. The van der Waals surface area contributed by atoms with Gasteiger partial charge in [0.15, 0.2) is 0 Å². The summed E-state index contributed by atoms with van der Waals surface area (Å²) < 4.78 is 6.63. The molecule has 0 saturated heterocycles. The van der Waals surface area contributed by atoms with Gasteiger partial charge in [0.25, 0.3) is 0 Å². The standard InChI is InChI=1S/C46H35NO/c1-45(2)36-20-11-8-17-33(36)44-37(45)21-13-22-39(44)47(28-24-25-30-29-14-7-10-19-35(29)46(3,4)38(30)26-28)40-27-42-43(32-16-6-5-15-31(32)40)34-18-9-12-23-41(34)48-42/h5-27H,1-4H3. The van der Waals surface area contributed by atoms with Gasteiger partial charge >= 0.3 is 0 Å². The molecule has 48 heavy (non-hydrogen) atoms. The Morgan fingerprint density at radius 3 is 1.85 bits per heavy atom. The van der Waals surface area contributed by atoms with E-state index >= 15 is 0 Å². The molecule has 0 fully saturated rings. The Balaban J connectivity index is 1.32. The summed E-state index contributed by atoms with van der Waals surface area (Å²) in [5, 5.41) is 4.71. The summed E-state index contributed by atoms with van der Waals surface area (Å²) in [6.07, 6.45) is 0. The molecule has 0 atom stereocenters. The van der Waals surface area contributed by atoms with Crippen molar-refractivity contribution in [1.82, 2.24) is 0 Å². The summed E-state index contributed by atoms with van der Waals surface area (Å²) in [5.74, 6) is 0. The van der Waals surface area contributed by atoms with Crippen LogP contribution in [0.5, 0.6) is 0 Å². The highest BCUT2D eigenvalue weighted by molar-refractivity contribution is 6.22. The maximum Gasteiger partial charge on any atom is 0.138 e. The van der Waals surface area contributed by atoms with E-state index in [0.29, 0.717) is 0 Å². The van der Waals surface area contributed by atoms with E-state index in [1.165, 1.54) is 66.4 Å². The molecule has 0 aliphatic heterocycles. The first-order valence-electron chi connectivity index (χ1n) is 16.9. The van der Waals surface area contributed by atoms with E-state index in [9.17, 15) is 0 Å².